The van der Waals surface area contributed by atoms with Crippen molar-refractivity contribution in [3.05, 3.63) is 48.0 Å². The molecular formula is C21H26N2O. The number of hydrogen-bond acceptors (Lipinski definition) is 2. The molecule has 3 aromatic rings. The minimum Gasteiger partial charge on any atom is -0.340 e. The first-order valence-corrected chi connectivity index (χ1v) is 8.90. The van der Waals surface area contributed by atoms with Gasteiger partial charge in [0.1, 0.15) is 0 Å². The Bertz CT molecular complexity index is 859. The number of para-hydroxylation sites is 1. The summed E-state index contributed by atoms with van der Waals surface area (Å²) in [4.78, 5) is 14.2. The zero-order valence-electron chi connectivity index (χ0n) is 14.9. The lowest BCUT2D eigenvalue weighted by Gasteiger charge is -2.18. The smallest absolute Gasteiger partial charge is 0.159 e. The summed E-state index contributed by atoms with van der Waals surface area (Å²) in [5, 5.41) is 2.50. The highest BCUT2D eigenvalue weighted by atomic mass is 16.1. The molecular weight excluding hydrogens is 296 g/mol. The van der Waals surface area contributed by atoms with Crippen LogP contribution in [0.15, 0.2) is 42.5 Å². The molecule has 0 amide bonds. The number of hydrogen-bond donors (Lipinski definition) is 0. The SMILES string of the molecule is CCN(CC)CCCn1c2ccccc2c2ccc(C(C)=O)cc21. The molecule has 0 bridgehead atoms. The van der Waals surface area contributed by atoms with Gasteiger partial charge in [0, 0.05) is 33.9 Å². The molecule has 1 aromatic heterocycles. The van der Waals surface area contributed by atoms with Gasteiger partial charge in [0.25, 0.3) is 0 Å². The lowest BCUT2D eigenvalue weighted by Crippen LogP contribution is -2.24. The monoisotopic (exact) mass is 322 g/mol. The molecule has 0 fully saturated rings. The van der Waals surface area contributed by atoms with Crippen LogP contribution in [0.25, 0.3) is 21.8 Å². The third-order valence-corrected chi connectivity index (χ3v) is 4.93. The quantitative estimate of drug-likeness (QED) is 0.588. The van der Waals surface area contributed by atoms with Crippen molar-refractivity contribution in [1.82, 2.24) is 9.47 Å². The van der Waals surface area contributed by atoms with Crippen molar-refractivity contribution in [3.63, 3.8) is 0 Å². The van der Waals surface area contributed by atoms with Gasteiger partial charge in [-0.1, -0.05) is 44.2 Å². The van der Waals surface area contributed by atoms with Crippen LogP contribution in [-0.4, -0.2) is 34.9 Å². The van der Waals surface area contributed by atoms with Crippen LogP contribution in [0.1, 0.15) is 37.6 Å². The molecule has 2 aromatic carbocycles. The number of aromatic nitrogens is 1. The Balaban J connectivity index is 2.02. The lowest BCUT2D eigenvalue weighted by molar-refractivity contribution is 0.101. The zero-order valence-corrected chi connectivity index (χ0v) is 14.9. The predicted molar refractivity (Wildman–Crippen MR) is 102 cm³/mol. The third kappa shape index (κ3) is 3.09. The maximum atomic E-state index is 11.8. The Kier molecular flexibility index (Phi) is 5.00. The summed E-state index contributed by atoms with van der Waals surface area (Å²) in [6, 6.07) is 14.6. The zero-order chi connectivity index (χ0) is 17.1. The molecule has 0 saturated carbocycles. The maximum Gasteiger partial charge on any atom is 0.159 e. The van der Waals surface area contributed by atoms with Gasteiger partial charge in [-0.05, 0) is 45.1 Å². The molecule has 0 spiro atoms. The predicted octanol–water partition coefficient (Wildman–Crippen LogP) is 4.73. The van der Waals surface area contributed by atoms with Gasteiger partial charge < -0.3 is 9.47 Å². The van der Waals surface area contributed by atoms with E-state index in [-0.39, 0.29) is 5.78 Å². The van der Waals surface area contributed by atoms with Crippen molar-refractivity contribution in [2.45, 2.75) is 33.7 Å². The van der Waals surface area contributed by atoms with Crippen molar-refractivity contribution >= 4 is 27.6 Å². The fourth-order valence-electron chi connectivity index (χ4n) is 3.50. The minimum atomic E-state index is 0.122. The van der Waals surface area contributed by atoms with Crippen LogP contribution in [0, 0.1) is 0 Å². The highest BCUT2D eigenvalue weighted by Gasteiger charge is 2.12. The summed E-state index contributed by atoms with van der Waals surface area (Å²) in [6.07, 6.45) is 1.11. The van der Waals surface area contributed by atoms with Crippen LogP contribution >= 0.6 is 0 Å². The second-order valence-electron chi connectivity index (χ2n) is 6.34. The Morgan fingerprint density at radius 1 is 1.00 bits per heavy atom. The van der Waals surface area contributed by atoms with Crippen LogP contribution in [0.3, 0.4) is 0 Å². The summed E-state index contributed by atoms with van der Waals surface area (Å²) in [7, 11) is 0. The van der Waals surface area contributed by atoms with E-state index in [1.54, 1.807) is 6.92 Å². The summed E-state index contributed by atoms with van der Waals surface area (Å²) < 4.78 is 2.38. The van der Waals surface area contributed by atoms with Gasteiger partial charge in [-0.25, -0.2) is 0 Å². The van der Waals surface area contributed by atoms with Gasteiger partial charge >= 0.3 is 0 Å². The third-order valence-electron chi connectivity index (χ3n) is 4.93. The van der Waals surface area contributed by atoms with E-state index in [9.17, 15) is 4.79 Å². The molecule has 3 rings (SSSR count). The summed E-state index contributed by atoms with van der Waals surface area (Å²) in [6.45, 7) is 10.3. The lowest BCUT2D eigenvalue weighted by atomic mass is 10.1. The molecule has 24 heavy (non-hydrogen) atoms. The molecule has 0 N–H and O–H groups in total. The number of ketones is 1. The molecule has 3 heteroatoms. The van der Waals surface area contributed by atoms with Crippen LogP contribution in [0.2, 0.25) is 0 Å². The molecule has 0 atom stereocenters. The Morgan fingerprint density at radius 2 is 1.71 bits per heavy atom. The van der Waals surface area contributed by atoms with Gasteiger partial charge in [-0.2, -0.15) is 0 Å². The number of Topliss-reactive ketones (excluding diaryl/α,β-unsaturated/α-hetero) is 1. The van der Waals surface area contributed by atoms with Crippen molar-refractivity contribution < 1.29 is 4.79 Å². The van der Waals surface area contributed by atoms with E-state index < -0.39 is 0 Å². The number of benzene rings is 2. The Morgan fingerprint density at radius 3 is 2.42 bits per heavy atom. The number of carbonyl (C=O) groups is 1. The molecule has 0 aliphatic carbocycles. The second-order valence-corrected chi connectivity index (χ2v) is 6.34. The number of aryl methyl sites for hydroxylation is 1. The molecule has 0 unspecified atom stereocenters. The van der Waals surface area contributed by atoms with Gasteiger partial charge in [-0.3, -0.25) is 4.79 Å². The molecule has 0 saturated heterocycles. The van der Waals surface area contributed by atoms with Crippen molar-refractivity contribution in [2.75, 3.05) is 19.6 Å². The van der Waals surface area contributed by atoms with Gasteiger partial charge in [0.15, 0.2) is 5.78 Å². The van der Waals surface area contributed by atoms with E-state index in [0.29, 0.717) is 0 Å². The van der Waals surface area contributed by atoms with Crippen LogP contribution < -0.4 is 0 Å². The molecule has 0 aliphatic rings. The van der Waals surface area contributed by atoms with Gasteiger partial charge in [0.2, 0.25) is 0 Å². The van der Waals surface area contributed by atoms with E-state index >= 15 is 0 Å². The average Bonchev–Trinajstić information content (AvgIpc) is 2.92. The first-order chi connectivity index (χ1) is 11.7. The topological polar surface area (TPSA) is 25.2 Å². The largest absolute Gasteiger partial charge is 0.340 e. The Labute approximate surface area is 143 Å². The number of nitrogens with zero attached hydrogens (tertiary/aromatic N) is 2. The number of rotatable bonds is 7. The van der Waals surface area contributed by atoms with Crippen LogP contribution in [0.5, 0.6) is 0 Å². The van der Waals surface area contributed by atoms with E-state index in [4.69, 9.17) is 0 Å². The van der Waals surface area contributed by atoms with E-state index in [0.717, 1.165) is 38.2 Å². The molecule has 3 nitrogen and oxygen atoms in total. The molecule has 126 valence electrons. The maximum absolute atomic E-state index is 11.8. The summed E-state index contributed by atoms with van der Waals surface area (Å²) in [5.74, 6) is 0.122. The van der Waals surface area contributed by atoms with E-state index in [1.807, 2.05) is 6.07 Å². The summed E-state index contributed by atoms with van der Waals surface area (Å²) >= 11 is 0. The highest BCUT2D eigenvalue weighted by Crippen LogP contribution is 2.30. The Hall–Kier alpha value is -2.13. The van der Waals surface area contributed by atoms with E-state index in [1.165, 1.54) is 21.8 Å². The van der Waals surface area contributed by atoms with Crippen LogP contribution in [0.4, 0.5) is 0 Å². The van der Waals surface area contributed by atoms with Crippen LogP contribution in [-0.2, 0) is 6.54 Å². The summed E-state index contributed by atoms with van der Waals surface area (Å²) in [5.41, 5.74) is 3.21. The van der Waals surface area contributed by atoms with Gasteiger partial charge in [0.05, 0.1) is 0 Å². The fraction of sp³-hybridized carbons (Fsp3) is 0.381. The molecule has 0 radical (unpaired) electrons. The van der Waals surface area contributed by atoms with Gasteiger partial charge in [-0.15, -0.1) is 0 Å². The first-order valence-electron chi connectivity index (χ1n) is 8.90. The standard InChI is InChI=1S/C21H26N2O/c1-4-22(5-2)13-8-14-23-20-10-7-6-9-18(20)19-12-11-17(16(3)24)15-21(19)23/h6-7,9-12,15H,4-5,8,13-14H2,1-3H3. The number of carbonyl (C=O) groups excluding carboxylic acids is 1. The fourth-order valence-corrected chi connectivity index (χ4v) is 3.50. The normalized spacial score (nSPS) is 11.7. The van der Waals surface area contributed by atoms with Crippen molar-refractivity contribution in [2.24, 2.45) is 0 Å². The van der Waals surface area contributed by atoms with E-state index in [2.05, 4.69) is 59.7 Å². The number of fused-ring (bicyclic) bond motifs is 3. The van der Waals surface area contributed by atoms with Crippen molar-refractivity contribution in [1.29, 1.82) is 0 Å². The second kappa shape index (κ2) is 7.18. The molecule has 0 aliphatic heterocycles. The van der Waals surface area contributed by atoms with Crippen molar-refractivity contribution in [3.8, 4) is 0 Å². The first kappa shape index (κ1) is 16.7. The average molecular weight is 322 g/mol. The minimum absolute atomic E-state index is 0.122. The molecule has 1 heterocycles. The highest BCUT2D eigenvalue weighted by molar-refractivity contribution is 6.10.